The SMILES string of the molecule is CCCCC(OP)Oc1ccccc1C.Cl. The number of rotatable bonds is 6. The van der Waals surface area contributed by atoms with Crippen molar-refractivity contribution >= 4 is 21.9 Å². The molecule has 2 unspecified atom stereocenters. The maximum absolute atomic E-state index is 5.75. The van der Waals surface area contributed by atoms with Crippen LogP contribution in [0.1, 0.15) is 31.7 Å². The molecule has 0 heterocycles. The average Bonchev–Trinajstić information content (AvgIpc) is 2.26. The number of aryl methyl sites for hydroxylation is 1. The Kier molecular flexibility index (Phi) is 8.64. The number of unbranched alkanes of at least 4 members (excludes halogenated alkanes) is 1. The van der Waals surface area contributed by atoms with Crippen molar-refractivity contribution in [2.75, 3.05) is 0 Å². The van der Waals surface area contributed by atoms with Crippen LogP contribution in [0.4, 0.5) is 0 Å². The first-order chi connectivity index (χ1) is 7.27. The van der Waals surface area contributed by atoms with Gasteiger partial charge in [-0.25, -0.2) is 0 Å². The van der Waals surface area contributed by atoms with Gasteiger partial charge in [0.25, 0.3) is 0 Å². The van der Waals surface area contributed by atoms with E-state index in [-0.39, 0.29) is 18.7 Å². The van der Waals surface area contributed by atoms with Crippen molar-refractivity contribution in [1.29, 1.82) is 0 Å². The molecule has 2 nitrogen and oxygen atoms in total. The predicted molar refractivity (Wildman–Crippen MR) is 73.2 cm³/mol. The molecule has 0 aliphatic rings. The molecule has 0 radical (unpaired) electrons. The van der Waals surface area contributed by atoms with Gasteiger partial charge in [-0.15, -0.1) is 12.4 Å². The van der Waals surface area contributed by atoms with Gasteiger partial charge in [-0.3, -0.25) is 0 Å². The van der Waals surface area contributed by atoms with Crippen LogP contribution in [-0.2, 0) is 4.52 Å². The van der Waals surface area contributed by atoms with E-state index in [4.69, 9.17) is 9.26 Å². The molecule has 0 amide bonds. The van der Waals surface area contributed by atoms with Crippen LogP contribution in [0, 0.1) is 6.92 Å². The molecule has 0 aliphatic carbocycles. The standard InChI is InChI=1S/C12H19O2P.ClH/c1-3-4-9-12(14-15)13-11-8-6-5-7-10(11)2;/h5-8,12H,3-4,9,15H2,1-2H3;1H. The Balaban J connectivity index is 0.00000225. The topological polar surface area (TPSA) is 18.5 Å². The maximum Gasteiger partial charge on any atom is 0.202 e. The third kappa shape index (κ3) is 5.16. The molecular weight excluding hydrogens is 243 g/mol. The summed E-state index contributed by atoms with van der Waals surface area (Å²) in [4.78, 5) is 0. The summed E-state index contributed by atoms with van der Waals surface area (Å²) in [5.41, 5.74) is 1.14. The van der Waals surface area contributed by atoms with Gasteiger partial charge in [0.15, 0.2) is 0 Å². The second kappa shape index (κ2) is 8.81. The van der Waals surface area contributed by atoms with E-state index < -0.39 is 0 Å². The van der Waals surface area contributed by atoms with Crippen molar-refractivity contribution in [1.82, 2.24) is 0 Å². The average molecular weight is 263 g/mol. The Hall–Kier alpha value is -0.300. The number of ether oxygens (including phenoxy) is 1. The third-order valence-electron chi connectivity index (χ3n) is 2.30. The van der Waals surface area contributed by atoms with Crippen molar-refractivity contribution in [3.05, 3.63) is 29.8 Å². The lowest BCUT2D eigenvalue weighted by Crippen LogP contribution is -2.16. The Labute approximate surface area is 106 Å². The van der Waals surface area contributed by atoms with Gasteiger partial charge in [-0.1, -0.05) is 31.5 Å². The number of benzene rings is 1. The van der Waals surface area contributed by atoms with Gasteiger partial charge in [-0.2, -0.15) is 0 Å². The highest BCUT2D eigenvalue weighted by Gasteiger charge is 2.09. The number of hydrogen-bond acceptors (Lipinski definition) is 2. The largest absolute Gasteiger partial charge is 0.464 e. The molecule has 1 rings (SSSR count). The minimum Gasteiger partial charge on any atom is -0.464 e. The summed E-state index contributed by atoms with van der Waals surface area (Å²) in [5, 5.41) is 0. The third-order valence-corrected chi connectivity index (χ3v) is 2.60. The zero-order chi connectivity index (χ0) is 11.1. The molecule has 0 saturated carbocycles. The van der Waals surface area contributed by atoms with Gasteiger partial charge in [0.1, 0.15) is 5.75 Å². The lowest BCUT2D eigenvalue weighted by atomic mass is 10.2. The highest BCUT2D eigenvalue weighted by Crippen LogP contribution is 2.20. The number of para-hydroxylation sites is 1. The van der Waals surface area contributed by atoms with Crippen molar-refractivity contribution in [2.45, 2.75) is 39.4 Å². The summed E-state index contributed by atoms with van der Waals surface area (Å²) in [7, 11) is 2.28. The normalized spacial score (nSPS) is 11.7. The first kappa shape index (κ1) is 15.7. The summed E-state index contributed by atoms with van der Waals surface area (Å²) >= 11 is 0. The van der Waals surface area contributed by atoms with E-state index in [2.05, 4.69) is 16.4 Å². The van der Waals surface area contributed by atoms with Gasteiger partial charge in [0.2, 0.25) is 6.29 Å². The fraction of sp³-hybridized carbons (Fsp3) is 0.500. The Morgan fingerprint density at radius 3 is 2.56 bits per heavy atom. The van der Waals surface area contributed by atoms with Crippen LogP contribution >= 0.6 is 21.9 Å². The lowest BCUT2D eigenvalue weighted by Gasteiger charge is -2.18. The molecule has 2 atom stereocenters. The quantitative estimate of drug-likeness (QED) is 0.567. The van der Waals surface area contributed by atoms with Crippen LogP contribution in [0.3, 0.4) is 0 Å². The van der Waals surface area contributed by atoms with Crippen LogP contribution < -0.4 is 4.74 Å². The maximum atomic E-state index is 5.75. The Morgan fingerprint density at radius 2 is 2.00 bits per heavy atom. The van der Waals surface area contributed by atoms with Crippen molar-refractivity contribution in [2.24, 2.45) is 0 Å². The van der Waals surface area contributed by atoms with Gasteiger partial charge in [0, 0.05) is 15.9 Å². The highest BCUT2D eigenvalue weighted by atomic mass is 35.5. The number of halogens is 1. The summed E-state index contributed by atoms with van der Waals surface area (Å²) < 4.78 is 11.0. The van der Waals surface area contributed by atoms with Gasteiger partial charge in [0.05, 0.1) is 0 Å². The molecule has 1 aromatic rings. The van der Waals surface area contributed by atoms with E-state index >= 15 is 0 Å². The van der Waals surface area contributed by atoms with Crippen molar-refractivity contribution in [3.8, 4) is 5.75 Å². The van der Waals surface area contributed by atoms with Crippen LogP contribution in [0.2, 0.25) is 0 Å². The summed E-state index contributed by atoms with van der Waals surface area (Å²) in [6.45, 7) is 4.20. The summed E-state index contributed by atoms with van der Waals surface area (Å²) in [6.07, 6.45) is 3.04. The zero-order valence-electron chi connectivity index (χ0n) is 9.81. The highest BCUT2D eigenvalue weighted by molar-refractivity contribution is 7.09. The van der Waals surface area contributed by atoms with E-state index in [1.165, 1.54) is 0 Å². The van der Waals surface area contributed by atoms with E-state index in [0.717, 1.165) is 30.6 Å². The first-order valence-corrected chi connectivity index (χ1v) is 5.83. The second-order valence-corrected chi connectivity index (χ2v) is 3.86. The Bertz CT molecular complexity index is 294. The van der Waals surface area contributed by atoms with Gasteiger partial charge >= 0.3 is 0 Å². The van der Waals surface area contributed by atoms with E-state index in [9.17, 15) is 0 Å². The minimum absolute atomic E-state index is 0. The minimum atomic E-state index is -0.156. The van der Waals surface area contributed by atoms with Crippen LogP contribution in [0.5, 0.6) is 5.75 Å². The molecule has 1 aromatic carbocycles. The molecule has 16 heavy (non-hydrogen) atoms. The first-order valence-electron chi connectivity index (χ1n) is 5.35. The van der Waals surface area contributed by atoms with Crippen molar-refractivity contribution < 1.29 is 9.26 Å². The lowest BCUT2D eigenvalue weighted by molar-refractivity contribution is 0.0126. The molecule has 0 bridgehead atoms. The molecule has 0 N–H and O–H groups in total. The summed E-state index contributed by atoms with van der Waals surface area (Å²) in [6, 6.07) is 7.99. The smallest absolute Gasteiger partial charge is 0.202 e. The fourth-order valence-electron chi connectivity index (χ4n) is 1.36. The molecule has 92 valence electrons. The fourth-order valence-corrected chi connectivity index (χ4v) is 1.55. The molecular formula is C12H20ClO2P. The molecule has 0 aliphatic heterocycles. The van der Waals surface area contributed by atoms with E-state index in [0.29, 0.717) is 0 Å². The Morgan fingerprint density at radius 1 is 1.31 bits per heavy atom. The monoisotopic (exact) mass is 262 g/mol. The molecule has 0 saturated heterocycles. The molecule has 0 fully saturated rings. The van der Waals surface area contributed by atoms with Crippen LogP contribution in [-0.4, -0.2) is 6.29 Å². The van der Waals surface area contributed by atoms with Gasteiger partial charge in [-0.05, 0) is 25.0 Å². The molecule has 0 spiro atoms. The second-order valence-electron chi connectivity index (χ2n) is 3.59. The van der Waals surface area contributed by atoms with Crippen molar-refractivity contribution in [3.63, 3.8) is 0 Å². The summed E-state index contributed by atoms with van der Waals surface area (Å²) in [5.74, 6) is 0.904. The number of hydrogen-bond donors (Lipinski definition) is 0. The van der Waals surface area contributed by atoms with Gasteiger partial charge < -0.3 is 9.26 Å². The van der Waals surface area contributed by atoms with E-state index in [1.807, 2.05) is 31.2 Å². The predicted octanol–water partition coefficient (Wildman–Crippen LogP) is 4.12. The molecule has 4 heteroatoms. The van der Waals surface area contributed by atoms with Crippen LogP contribution in [0.25, 0.3) is 0 Å². The zero-order valence-corrected chi connectivity index (χ0v) is 11.8. The van der Waals surface area contributed by atoms with E-state index in [1.54, 1.807) is 0 Å². The van der Waals surface area contributed by atoms with Crippen LogP contribution in [0.15, 0.2) is 24.3 Å². The molecule has 0 aromatic heterocycles.